The number of rotatable bonds is 4. The maximum Gasteiger partial charge on any atom is 0.241 e. The average Bonchev–Trinajstić information content (AvgIpc) is 2.45. The summed E-state index contributed by atoms with van der Waals surface area (Å²) < 4.78 is 0. The number of likely N-dealkylation sites (N-methyl/N-ethyl adjacent to an activating group) is 1. The van der Waals surface area contributed by atoms with Gasteiger partial charge in [-0.3, -0.25) is 9.69 Å². The predicted octanol–water partition coefficient (Wildman–Crippen LogP) is 1.67. The number of aryl methyl sites for hydroxylation is 1. The van der Waals surface area contributed by atoms with Crippen molar-refractivity contribution >= 4 is 11.6 Å². The molecular formula is C17H24N2O2. The number of aliphatic hydroxyl groups is 1. The molecule has 21 heavy (non-hydrogen) atoms. The fourth-order valence-corrected chi connectivity index (χ4v) is 3.46. The SMILES string of the molecule is CN(CC(=O)N1CCCc2ccccc21)CC1CC(O)C1. The highest BCUT2D eigenvalue weighted by Gasteiger charge is 2.29. The Hall–Kier alpha value is -1.39. The molecule has 0 atom stereocenters. The number of hydrogen-bond acceptors (Lipinski definition) is 3. The van der Waals surface area contributed by atoms with Crippen molar-refractivity contribution in [3.8, 4) is 0 Å². The van der Waals surface area contributed by atoms with Crippen molar-refractivity contribution in [2.45, 2.75) is 31.8 Å². The molecule has 114 valence electrons. The summed E-state index contributed by atoms with van der Waals surface area (Å²) in [5.41, 5.74) is 2.36. The van der Waals surface area contributed by atoms with Crippen LogP contribution in [0.5, 0.6) is 0 Å². The fourth-order valence-electron chi connectivity index (χ4n) is 3.46. The number of nitrogens with zero attached hydrogens (tertiary/aromatic N) is 2. The number of carbonyl (C=O) groups is 1. The van der Waals surface area contributed by atoms with Gasteiger partial charge in [-0.2, -0.15) is 0 Å². The first-order chi connectivity index (χ1) is 10.1. The van der Waals surface area contributed by atoms with E-state index in [0.717, 1.165) is 44.5 Å². The highest BCUT2D eigenvalue weighted by molar-refractivity contribution is 5.95. The van der Waals surface area contributed by atoms with Crippen molar-refractivity contribution in [1.29, 1.82) is 0 Å². The molecule has 1 aliphatic carbocycles. The van der Waals surface area contributed by atoms with Crippen molar-refractivity contribution in [2.75, 3.05) is 31.6 Å². The molecular weight excluding hydrogens is 264 g/mol. The van der Waals surface area contributed by atoms with Crippen molar-refractivity contribution in [3.63, 3.8) is 0 Å². The summed E-state index contributed by atoms with van der Waals surface area (Å²) in [6.07, 6.45) is 3.75. The quantitative estimate of drug-likeness (QED) is 0.916. The van der Waals surface area contributed by atoms with E-state index in [1.807, 2.05) is 24.1 Å². The van der Waals surface area contributed by atoms with Crippen LogP contribution >= 0.6 is 0 Å². The molecule has 1 N–H and O–H groups in total. The van der Waals surface area contributed by atoms with E-state index in [0.29, 0.717) is 12.5 Å². The van der Waals surface area contributed by atoms with Crippen LogP contribution in [0.1, 0.15) is 24.8 Å². The Morgan fingerprint density at radius 3 is 2.90 bits per heavy atom. The molecule has 0 radical (unpaired) electrons. The lowest BCUT2D eigenvalue weighted by Crippen LogP contribution is -2.44. The van der Waals surface area contributed by atoms with Crippen LogP contribution in [-0.4, -0.2) is 48.7 Å². The van der Waals surface area contributed by atoms with Gasteiger partial charge in [0.2, 0.25) is 5.91 Å². The van der Waals surface area contributed by atoms with E-state index in [1.54, 1.807) is 0 Å². The zero-order valence-corrected chi connectivity index (χ0v) is 12.7. The van der Waals surface area contributed by atoms with E-state index in [-0.39, 0.29) is 12.0 Å². The number of amides is 1. The molecule has 1 aromatic rings. The van der Waals surface area contributed by atoms with Gasteiger partial charge < -0.3 is 10.0 Å². The van der Waals surface area contributed by atoms with Crippen LogP contribution in [0, 0.1) is 5.92 Å². The standard InChI is InChI=1S/C17H24N2O2/c1-18(11-13-9-15(20)10-13)12-17(21)19-8-4-6-14-5-2-3-7-16(14)19/h2-3,5,7,13,15,20H,4,6,8-12H2,1H3. The number of benzene rings is 1. The van der Waals surface area contributed by atoms with Gasteiger partial charge in [-0.1, -0.05) is 18.2 Å². The Morgan fingerprint density at radius 1 is 1.38 bits per heavy atom. The van der Waals surface area contributed by atoms with E-state index in [1.165, 1.54) is 5.56 Å². The molecule has 1 fully saturated rings. The van der Waals surface area contributed by atoms with Gasteiger partial charge in [0.05, 0.1) is 12.6 Å². The van der Waals surface area contributed by atoms with E-state index >= 15 is 0 Å². The molecule has 1 saturated carbocycles. The molecule has 4 nitrogen and oxygen atoms in total. The second-order valence-electron chi connectivity index (χ2n) is 6.47. The number of fused-ring (bicyclic) bond motifs is 1. The third-order valence-electron chi connectivity index (χ3n) is 4.60. The van der Waals surface area contributed by atoms with Crippen molar-refractivity contribution in [1.82, 2.24) is 4.90 Å². The van der Waals surface area contributed by atoms with Crippen LogP contribution in [0.3, 0.4) is 0 Å². The number of hydrogen-bond donors (Lipinski definition) is 1. The van der Waals surface area contributed by atoms with Gasteiger partial charge in [0.15, 0.2) is 0 Å². The van der Waals surface area contributed by atoms with Gasteiger partial charge in [0.25, 0.3) is 0 Å². The first-order valence-electron chi connectivity index (χ1n) is 7.88. The largest absolute Gasteiger partial charge is 0.393 e. The number of anilines is 1. The highest BCUT2D eigenvalue weighted by Crippen LogP contribution is 2.28. The minimum atomic E-state index is -0.118. The van der Waals surface area contributed by atoms with Gasteiger partial charge in [-0.15, -0.1) is 0 Å². The normalized spacial score (nSPS) is 24.6. The summed E-state index contributed by atoms with van der Waals surface area (Å²) >= 11 is 0. The minimum Gasteiger partial charge on any atom is -0.393 e. The predicted molar refractivity (Wildman–Crippen MR) is 83.3 cm³/mol. The van der Waals surface area contributed by atoms with E-state index < -0.39 is 0 Å². The summed E-state index contributed by atoms with van der Waals surface area (Å²) in [5, 5.41) is 9.33. The molecule has 1 aliphatic heterocycles. The Bertz CT molecular complexity index is 511. The third-order valence-corrected chi connectivity index (χ3v) is 4.60. The summed E-state index contributed by atoms with van der Waals surface area (Å²) in [5.74, 6) is 0.732. The summed E-state index contributed by atoms with van der Waals surface area (Å²) in [6.45, 7) is 2.19. The van der Waals surface area contributed by atoms with Gasteiger partial charge in [0, 0.05) is 18.8 Å². The summed E-state index contributed by atoms with van der Waals surface area (Å²) in [6, 6.07) is 8.22. The minimum absolute atomic E-state index is 0.118. The molecule has 0 unspecified atom stereocenters. The van der Waals surface area contributed by atoms with Gasteiger partial charge >= 0.3 is 0 Å². The molecule has 1 heterocycles. The maximum atomic E-state index is 12.6. The van der Waals surface area contributed by atoms with Crippen LogP contribution in [-0.2, 0) is 11.2 Å². The second-order valence-corrected chi connectivity index (χ2v) is 6.47. The molecule has 4 heteroatoms. The lowest BCUT2D eigenvalue weighted by molar-refractivity contribution is -0.119. The first kappa shape index (κ1) is 14.5. The van der Waals surface area contributed by atoms with Crippen molar-refractivity contribution < 1.29 is 9.90 Å². The Morgan fingerprint density at radius 2 is 2.14 bits per heavy atom. The average molecular weight is 288 g/mol. The number of aliphatic hydroxyl groups excluding tert-OH is 1. The first-order valence-corrected chi connectivity index (χ1v) is 7.88. The smallest absolute Gasteiger partial charge is 0.241 e. The van der Waals surface area contributed by atoms with Crippen LogP contribution in [0.4, 0.5) is 5.69 Å². The molecule has 0 aromatic heterocycles. The van der Waals surface area contributed by atoms with Gasteiger partial charge in [-0.25, -0.2) is 0 Å². The molecule has 3 rings (SSSR count). The number of para-hydroxylation sites is 1. The Labute approximate surface area is 126 Å². The van der Waals surface area contributed by atoms with E-state index in [4.69, 9.17) is 0 Å². The van der Waals surface area contributed by atoms with E-state index in [9.17, 15) is 9.90 Å². The van der Waals surface area contributed by atoms with E-state index in [2.05, 4.69) is 17.0 Å². The molecule has 0 bridgehead atoms. The van der Waals surface area contributed by atoms with Gasteiger partial charge in [-0.05, 0) is 50.3 Å². The van der Waals surface area contributed by atoms with Crippen LogP contribution < -0.4 is 4.90 Å². The molecule has 1 aromatic carbocycles. The zero-order chi connectivity index (χ0) is 14.8. The fraction of sp³-hybridized carbons (Fsp3) is 0.588. The Balaban J connectivity index is 1.58. The van der Waals surface area contributed by atoms with Crippen LogP contribution in [0.15, 0.2) is 24.3 Å². The summed E-state index contributed by atoms with van der Waals surface area (Å²) in [7, 11) is 2.00. The zero-order valence-electron chi connectivity index (χ0n) is 12.7. The second kappa shape index (κ2) is 6.16. The van der Waals surface area contributed by atoms with Gasteiger partial charge in [0.1, 0.15) is 0 Å². The lowest BCUT2D eigenvalue weighted by Gasteiger charge is -2.35. The summed E-state index contributed by atoms with van der Waals surface area (Å²) in [4.78, 5) is 16.6. The van der Waals surface area contributed by atoms with Crippen molar-refractivity contribution in [2.24, 2.45) is 5.92 Å². The highest BCUT2D eigenvalue weighted by atomic mass is 16.3. The monoisotopic (exact) mass is 288 g/mol. The topological polar surface area (TPSA) is 43.8 Å². The molecule has 1 amide bonds. The molecule has 0 saturated heterocycles. The third kappa shape index (κ3) is 3.27. The lowest BCUT2D eigenvalue weighted by atomic mass is 9.82. The maximum absolute atomic E-state index is 12.6. The van der Waals surface area contributed by atoms with Crippen LogP contribution in [0.25, 0.3) is 0 Å². The molecule has 2 aliphatic rings. The van der Waals surface area contributed by atoms with Crippen molar-refractivity contribution in [3.05, 3.63) is 29.8 Å². The molecule has 0 spiro atoms. The Kier molecular flexibility index (Phi) is 4.27. The van der Waals surface area contributed by atoms with Crippen LogP contribution in [0.2, 0.25) is 0 Å². The number of carbonyl (C=O) groups excluding carboxylic acids is 1.